The number of hydrogen-bond acceptors (Lipinski definition) is 1. The summed E-state index contributed by atoms with van der Waals surface area (Å²) in [4.78, 5) is 11.0. The van der Waals surface area contributed by atoms with Gasteiger partial charge in [-0.1, -0.05) is 31.5 Å². The summed E-state index contributed by atoms with van der Waals surface area (Å²) in [5.41, 5.74) is 1.76. The lowest BCUT2D eigenvalue weighted by Gasteiger charge is -2.08. The zero-order valence-electron chi connectivity index (χ0n) is 9.40. The highest BCUT2D eigenvalue weighted by Gasteiger charge is 2.09. The molecular weight excluding hydrogens is 222 g/mol. The van der Waals surface area contributed by atoms with E-state index in [0.29, 0.717) is 10.9 Å². The minimum Gasteiger partial charge on any atom is -0.346 e. The quantitative estimate of drug-likeness (QED) is 0.743. The normalized spacial score (nSPS) is 11.2. The third-order valence-electron chi connectivity index (χ3n) is 2.56. The molecule has 0 spiro atoms. The van der Waals surface area contributed by atoms with Crippen LogP contribution >= 0.6 is 11.6 Å². The van der Waals surface area contributed by atoms with Gasteiger partial charge in [0.05, 0.1) is 5.52 Å². The van der Waals surface area contributed by atoms with E-state index in [2.05, 4.69) is 18.4 Å². The van der Waals surface area contributed by atoms with E-state index in [1.807, 2.05) is 24.4 Å². The summed E-state index contributed by atoms with van der Waals surface area (Å²) in [7, 11) is 0. The van der Waals surface area contributed by atoms with E-state index in [4.69, 9.17) is 11.6 Å². The number of hydrogen-bond donors (Lipinski definition) is 0. The predicted molar refractivity (Wildman–Crippen MR) is 67.2 cm³/mol. The zero-order chi connectivity index (χ0) is 11.7. The lowest BCUT2D eigenvalue weighted by Crippen LogP contribution is -2.02. The maximum absolute atomic E-state index is 11.0. The van der Waals surface area contributed by atoms with Crippen LogP contribution in [0.3, 0.4) is 0 Å². The van der Waals surface area contributed by atoms with E-state index in [0.717, 1.165) is 29.3 Å². The lowest BCUT2D eigenvalue weighted by atomic mass is 10.2. The second-order valence-electron chi connectivity index (χ2n) is 4.41. The fourth-order valence-corrected chi connectivity index (χ4v) is 2.10. The van der Waals surface area contributed by atoms with Gasteiger partial charge in [0.2, 0.25) is 0 Å². The maximum atomic E-state index is 11.0. The molecule has 2 rings (SSSR count). The molecule has 3 heteroatoms. The van der Waals surface area contributed by atoms with Gasteiger partial charge in [-0.2, -0.15) is 0 Å². The van der Waals surface area contributed by atoms with Crippen molar-refractivity contribution in [1.29, 1.82) is 0 Å². The second kappa shape index (κ2) is 4.30. The van der Waals surface area contributed by atoms with E-state index < -0.39 is 0 Å². The van der Waals surface area contributed by atoms with Crippen LogP contribution in [0.25, 0.3) is 10.9 Å². The first-order valence-electron chi connectivity index (χ1n) is 5.35. The number of carbonyl (C=O) groups excluding carboxylic acids is 1. The first-order chi connectivity index (χ1) is 7.61. The molecule has 16 heavy (non-hydrogen) atoms. The monoisotopic (exact) mass is 235 g/mol. The van der Waals surface area contributed by atoms with Gasteiger partial charge in [-0.05, 0) is 18.1 Å². The third kappa shape index (κ3) is 1.98. The third-order valence-corrected chi connectivity index (χ3v) is 2.80. The Balaban J connectivity index is 2.64. The van der Waals surface area contributed by atoms with E-state index in [1.165, 1.54) is 0 Å². The molecule has 0 aliphatic rings. The van der Waals surface area contributed by atoms with Crippen LogP contribution in [0.4, 0.5) is 0 Å². The first-order valence-corrected chi connectivity index (χ1v) is 5.73. The summed E-state index contributed by atoms with van der Waals surface area (Å²) in [6.07, 6.45) is 2.79. The van der Waals surface area contributed by atoms with Crippen molar-refractivity contribution >= 4 is 28.8 Å². The van der Waals surface area contributed by atoms with Gasteiger partial charge in [0.25, 0.3) is 0 Å². The minimum atomic E-state index is 0.536. The highest BCUT2D eigenvalue weighted by Crippen LogP contribution is 2.24. The van der Waals surface area contributed by atoms with E-state index in [9.17, 15) is 4.79 Å². The molecule has 1 heterocycles. The molecule has 0 saturated heterocycles. The Kier molecular flexibility index (Phi) is 3.01. The number of aldehydes is 1. The van der Waals surface area contributed by atoms with Gasteiger partial charge in [0, 0.05) is 28.7 Å². The van der Waals surface area contributed by atoms with Crippen molar-refractivity contribution < 1.29 is 4.79 Å². The number of rotatable bonds is 3. The number of halogens is 1. The number of carbonyl (C=O) groups is 1. The summed E-state index contributed by atoms with van der Waals surface area (Å²) >= 11 is 5.98. The molecule has 0 fully saturated rings. The van der Waals surface area contributed by atoms with Gasteiger partial charge < -0.3 is 4.57 Å². The largest absolute Gasteiger partial charge is 0.346 e. The molecule has 0 radical (unpaired) electrons. The fourth-order valence-electron chi connectivity index (χ4n) is 1.93. The molecular formula is C13H14ClNO. The molecule has 0 atom stereocenters. The number of fused-ring (bicyclic) bond motifs is 1. The number of aromatic nitrogens is 1. The smallest absolute Gasteiger partial charge is 0.152 e. The van der Waals surface area contributed by atoms with Crippen molar-refractivity contribution in [2.75, 3.05) is 0 Å². The van der Waals surface area contributed by atoms with Gasteiger partial charge in [0.15, 0.2) is 6.29 Å². The lowest BCUT2D eigenvalue weighted by molar-refractivity contribution is 0.112. The summed E-state index contributed by atoms with van der Waals surface area (Å²) in [6, 6.07) is 5.63. The Morgan fingerprint density at radius 2 is 2.19 bits per heavy atom. The van der Waals surface area contributed by atoms with Crippen molar-refractivity contribution in [3.05, 3.63) is 35.0 Å². The van der Waals surface area contributed by atoms with Gasteiger partial charge in [-0.25, -0.2) is 0 Å². The molecule has 1 aromatic heterocycles. The molecule has 84 valence electrons. The Hall–Kier alpha value is -1.28. The van der Waals surface area contributed by atoms with E-state index in [1.54, 1.807) is 0 Å². The summed E-state index contributed by atoms with van der Waals surface area (Å²) < 4.78 is 2.09. The van der Waals surface area contributed by atoms with Gasteiger partial charge in [-0.3, -0.25) is 4.79 Å². The maximum Gasteiger partial charge on any atom is 0.152 e. The topological polar surface area (TPSA) is 22.0 Å². The second-order valence-corrected chi connectivity index (χ2v) is 4.85. The standard InChI is InChI=1S/C13H14ClNO/c1-9(2)6-15-7-10(8-16)12-4-3-11(14)5-13(12)15/h3-5,7-9H,6H2,1-2H3. The van der Waals surface area contributed by atoms with Crippen molar-refractivity contribution in [3.63, 3.8) is 0 Å². The van der Waals surface area contributed by atoms with Crippen LogP contribution in [0.1, 0.15) is 24.2 Å². The van der Waals surface area contributed by atoms with Crippen LogP contribution in [0.5, 0.6) is 0 Å². The van der Waals surface area contributed by atoms with Gasteiger partial charge >= 0.3 is 0 Å². The van der Waals surface area contributed by atoms with E-state index in [-0.39, 0.29) is 0 Å². The SMILES string of the molecule is CC(C)Cn1cc(C=O)c2ccc(Cl)cc21. The first kappa shape index (κ1) is 11.2. The number of benzene rings is 1. The molecule has 1 aromatic carbocycles. The molecule has 0 unspecified atom stereocenters. The Morgan fingerprint density at radius 1 is 1.44 bits per heavy atom. The molecule has 0 N–H and O–H groups in total. The van der Waals surface area contributed by atoms with Crippen molar-refractivity contribution in [2.45, 2.75) is 20.4 Å². The van der Waals surface area contributed by atoms with Crippen LogP contribution in [0, 0.1) is 5.92 Å². The van der Waals surface area contributed by atoms with E-state index >= 15 is 0 Å². The summed E-state index contributed by atoms with van der Waals surface area (Å²) in [5, 5.41) is 1.67. The van der Waals surface area contributed by atoms with Crippen molar-refractivity contribution in [2.24, 2.45) is 5.92 Å². The molecule has 0 aliphatic heterocycles. The zero-order valence-corrected chi connectivity index (χ0v) is 10.2. The minimum absolute atomic E-state index is 0.536. The molecule has 0 aliphatic carbocycles. The Labute approximate surface area is 99.8 Å². The van der Waals surface area contributed by atoms with Crippen molar-refractivity contribution in [3.8, 4) is 0 Å². The molecule has 2 aromatic rings. The van der Waals surface area contributed by atoms with Crippen molar-refractivity contribution in [1.82, 2.24) is 4.57 Å². The van der Waals surface area contributed by atoms with Gasteiger partial charge in [0.1, 0.15) is 0 Å². The molecule has 0 saturated carbocycles. The number of nitrogens with zero attached hydrogens (tertiary/aromatic N) is 1. The summed E-state index contributed by atoms with van der Waals surface area (Å²) in [5.74, 6) is 0.536. The summed E-state index contributed by atoms with van der Waals surface area (Å²) in [6.45, 7) is 5.19. The Morgan fingerprint density at radius 3 is 2.81 bits per heavy atom. The average Bonchev–Trinajstić information content (AvgIpc) is 2.55. The average molecular weight is 236 g/mol. The van der Waals surface area contributed by atoms with Crippen LogP contribution in [-0.4, -0.2) is 10.9 Å². The van der Waals surface area contributed by atoms with Crippen LogP contribution < -0.4 is 0 Å². The Bertz CT molecular complexity index is 528. The fraction of sp³-hybridized carbons (Fsp3) is 0.308. The van der Waals surface area contributed by atoms with Gasteiger partial charge in [-0.15, -0.1) is 0 Å². The predicted octanol–water partition coefficient (Wildman–Crippen LogP) is 3.76. The van der Waals surface area contributed by atoms with Crippen LogP contribution in [0.2, 0.25) is 5.02 Å². The highest BCUT2D eigenvalue weighted by atomic mass is 35.5. The molecule has 2 nitrogen and oxygen atoms in total. The highest BCUT2D eigenvalue weighted by molar-refractivity contribution is 6.31. The molecule has 0 bridgehead atoms. The van der Waals surface area contributed by atoms with Crippen LogP contribution in [-0.2, 0) is 6.54 Å². The molecule has 0 amide bonds. The van der Waals surface area contributed by atoms with Crippen LogP contribution in [0.15, 0.2) is 24.4 Å².